The number of hydrogen-bond donors (Lipinski definition) is 1. The average molecular weight is 511 g/mol. The molecule has 3 aromatic rings. The molecule has 2 aromatic carbocycles. The molecule has 0 aliphatic carbocycles. The summed E-state index contributed by atoms with van der Waals surface area (Å²) in [5.41, 5.74) is 1.91. The molecule has 2 fully saturated rings. The number of likely N-dealkylation sites (tertiary alicyclic amines) is 1. The lowest BCUT2D eigenvalue weighted by Gasteiger charge is -2.47. The van der Waals surface area contributed by atoms with Crippen LogP contribution in [0.3, 0.4) is 0 Å². The van der Waals surface area contributed by atoms with Gasteiger partial charge in [0.1, 0.15) is 5.41 Å². The van der Waals surface area contributed by atoms with Crippen molar-refractivity contribution < 1.29 is 14.4 Å². The SMILES string of the molecule is Cc1ccc(C[C@]2(CN3C[C@@H]4C[C@@H](C3)c3cccc(=O)n3C4)C(=O)NC(=O)N(c3ccccc3)C2=O)cc1. The predicted molar refractivity (Wildman–Crippen MR) is 143 cm³/mol. The van der Waals surface area contributed by atoms with Crippen molar-refractivity contribution in [3.63, 3.8) is 0 Å². The molecule has 3 aliphatic rings. The van der Waals surface area contributed by atoms with Gasteiger partial charge in [0.2, 0.25) is 5.91 Å². The number of imide groups is 2. The van der Waals surface area contributed by atoms with E-state index in [9.17, 15) is 19.2 Å². The first-order valence-electron chi connectivity index (χ1n) is 13.1. The number of aromatic nitrogens is 1. The second kappa shape index (κ2) is 9.36. The lowest BCUT2D eigenvalue weighted by atomic mass is 9.75. The molecular weight excluding hydrogens is 480 g/mol. The molecule has 2 bridgehead atoms. The molecule has 2 saturated heterocycles. The highest BCUT2D eigenvalue weighted by atomic mass is 16.2. The number of para-hydroxylation sites is 1. The van der Waals surface area contributed by atoms with E-state index < -0.39 is 23.3 Å². The number of urea groups is 1. The smallest absolute Gasteiger partial charge is 0.312 e. The molecule has 0 saturated carbocycles. The molecule has 1 aromatic heterocycles. The molecule has 0 radical (unpaired) electrons. The van der Waals surface area contributed by atoms with Gasteiger partial charge in [-0.05, 0) is 49.4 Å². The topological polar surface area (TPSA) is 91.7 Å². The zero-order valence-electron chi connectivity index (χ0n) is 21.3. The number of pyridine rings is 1. The number of piperidine rings is 1. The van der Waals surface area contributed by atoms with Gasteiger partial charge in [-0.1, -0.05) is 54.1 Å². The van der Waals surface area contributed by atoms with E-state index in [2.05, 4.69) is 10.2 Å². The van der Waals surface area contributed by atoms with Crippen LogP contribution in [0, 0.1) is 18.3 Å². The number of barbiturate groups is 1. The van der Waals surface area contributed by atoms with Crippen molar-refractivity contribution in [2.75, 3.05) is 24.5 Å². The highest BCUT2D eigenvalue weighted by molar-refractivity contribution is 6.30. The van der Waals surface area contributed by atoms with E-state index in [1.807, 2.05) is 47.9 Å². The summed E-state index contributed by atoms with van der Waals surface area (Å²) < 4.78 is 1.87. The second-order valence-corrected chi connectivity index (χ2v) is 10.9. The van der Waals surface area contributed by atoms with E-state index in [-0.39, 0.29) is 30.4 Å². The molecule has 8 nitrogen and oxygen atoms in total. The van der Waals surface area contributed by atoms with E-state index in [1.54, 1.807) is 36.4 Å². The van der Waals surface area contributed by atoms with Crippen molar-refractivity contribution in [1.82, 2.24) is 14.8 Å². The molecule has 8 heteroatoms. The zero-order valence-corrected chi connectivity index (χ0v) is 21.3. The van der Waals surface area contributed by atoms with E-state index in [4.69, 9.17) is 0 Å². The summed E-state index contributed by atoms with van der Waals surface area (Å²) in [5, 5.41) is 2.50. The summed E-state index contributed by atoms with van der Waals surface area (Å²) in [6.45, 7) is 4.11. The maximum Gasteiger partial charge on any atom is 0.335 e. The van der Waals surface area contributed by atoms with Crippen LogP contribution in [0.5, 0.6) is 0 Å². The van der Waals surface area contributed by atoms with Gasteiger partial charge < -0.3 is 9.47 Å². The fourth-order valence-electron chi connectivity index (χ4n) is 6.40. The number of nitrogens with zero attached hydrogens (tertiary/aromatic N) is 3. The van der Waals surface area contributed by atoms with Gasteiger partial charge in [0.15, 0.2) is 0 Å². The van der Waals surface area contributed by atoms with Gasteiger partial charge in [0.25, 0.3) is 11.5 Å². The Morgan fingerprint density at radius 3 is 2.39 bits per heavy atom. The van der Waals surface area contributed by atoms with Crippen molar-refractivity contribution in [3.05, 3.63) is 100.0 Å². The largest absolute Gasteiger partial charge is 0.335 e. The molecule has 3 atom stereocenters. The summed E-state index contributed by atoms with van der Waals surface area (Å²) >= 11 is 0. The van der Waals surface area contributed by atoms with E-state index in [0.29, 0.717) is 25.3 Å². The predicted octanol–water partition coefficient (Wildman–Crippen LogP) is 3.09. The number of benzene rings is 2. The van der Waals surface area contributed by atoms with Gasteiger partial charge in [-0.15, -0.1) is 0 Å². The molecule has 194 valence electrons. The molecular formula is C30H30N4O4. The van der Waals surface area contributed by atoms with E-state index in [0.717, 1.165) is 28.1 Å². The quantitative estimate of drug-likeness (QED) is 0.533. The standard InChI is InChI=1S/C30H30N4O4/c1-20-10-12-21(13-11-20)15-30(27(36)31-29(38)34(28(30)37)24-6-3-2-4-7-24)19-32-16-22-14-23(18-32)25-8-5-9-26(35)33(25)17-22/h2-13,22-23H,14-19H2,1H3,(H,31,36,38)/t22-,23-,30-/m0/s1. The van der Waals surface area contributed by atoms with Gasteiger partial charge >= 0.3 is 6.03 Å². The Balaban J connectivity index is 1.38. The van der Waals surface area contributed by atoms with Crippen LogP contribution in [0.1, 0.15) is 29.2 Å². The summed E-state index contributed by atoms with van der Waals surface area (Å²) in [4.78, 5) is 56.7. The van der Waals surface area contributed by atoms with Gasteiger partial charge in [-0.2, -0.15) is 0 Å². The van der Waals surface area contributed by atoms with Gasteiger partial charge in [-0.3, -0.25) is 19.7 Å². The molecule has 3 aliphatic heterocycles. The monoisotopic (exact) mass is 510 g/mol. The third kappa shape index (κ3) is 4.15. The number of hydrogen-bond acceptors (Lipinski definition) is 5. The minimum atomic E-state index is -1.49. The van der Waals surface area contributed by atoms with Crippen LogP contribution in [0.4, 0.5) is 10.5 Å². The van der Waals surface area contributed by atoms with Crippen LogP contribution in [0.15, 0.2) is 77.6 Å². The third-order valence-electron chi connectivity index (χ3n) is 8.16. The lowest BCUT2D eigenvalue weighted by molar-refractivity contribution is -0.144. The van der Waals surface area contributed by atoms with Crippen LogP contribution in [-0.2, 0) is 22.6 Å². The minimum absolute atomic E-state index is 0.0142. The first-order chi connectivity index (χ1) is 18.3. The number of nitrogens with one attached hydrogen (secondary N) is 1. The normalized spacial score (nSPS) is 25.2. The summed E-state index contributed by atoms with van der Waals surface area (Å²) in [6, 6.07) is 21.2. The lowest BCUT2D eigenvalue weighted by Crippen LogP contribution is -2.68. The Morgan fingerprint density at radius 1 is 0.868 bits per heavy atom. The molecule has 0 spiro atoms. The minimum Gasteiger partial charge on any atom is -0.312 e. The maximum atomic E-state index is 14.3. The van der Waals surface area contributed by atoms with Crippen molar-refractivity contribution in [1.29, 1.82) is 0 Å². The summed E-state index contributed by atoms with van der Waals surface area (Å²) in [5.74, 6) is -0.689. The summed E-state index contributed by atoms with van der Waals surface area (Å²) in [6.07, 6.45) is 1.15. The molecule has 38 heavy (non-hydrogen) atoms. The van der Waals surface area contributed by atoms with Crippen LogP contribution in [-0.4, -0.2) is 46.9 Å². The number of anilines is 1. The number of fused-ring (bicyclic) bond motifs is 4. The third-order valence-corrected chi connectivity index (χ3v) is 8.16. The first kappa shape index (κ1) is 24.3. The average Bonchev–Trinajstić information content (AvgIpc) is 2.90. The Kier molecular flexibility index (Phi) is 5.99. The van der Waals surface area contributed by atoms with Crippen molar-refractivity contribution >= 4 is 23.5 Å². The molecule has 1 N–H and O–H groups in total. The number of carbonyl (C=O) groups is 3. The van der Waals surface area contributed by atoms with E-state index in [1.165, 1.54) is 0 Å². The van der Waals surface area contributed by atoms with Crippen molar-refractivity contribution in [2.45, 2.75) is 32.2 Å². The van der Waals surface area contributed by atoms with Crippen molar-refractivity contribution in [3.8, 4) is 0 Å². The fourth-order valence-corrected chi connectivity index (χ4v) is 6.40. The number of aryl methyl sites for hydroxylation is 1. The Labute approximate surface area is 220 Å². The Bertz CT molecular complexity index is 1470. The highest BCUT2D eigenvalue weighted by Crippen LogP contribution is 2.39. The molecule has 0 unspecified atom stereocenters. The Morgan fingerprint density at radius 2 is 1.63 bits per heavy atom. The van der Waals surface area contributed by atoms with Gasteiger partial charge in [-0.25, -0.2) is 9.69 Å². The van der Waals surface area contributed by atoms with Crippen LogP contribution in [0.25, 0.3) is 0 Å². The molecule has 4 amide bonds. The van der Waals surface area contributed by atoms with Crippen molar-refractivity contribution in [2.24, 2.45) is 11.3 Å². The molecule has 6 rings (SSSR count). The zero-order chi connectivity index (χ0) is 26.4. The van der Waals surface area contributed by atoms with Crippen LogP contribution >= 0.6 is 0 Å². The number of amides is 4. The summed E-state index contributed by atoms with van der Waals surface area (Å²) in [7, 11) is 0. The number of carbonyl (C=O) groups excluding carboxylic acids is 3. The number of rotatable bonds is 5. The molecule has 4 heterocycles. The van der Waals surface area contributed by atoms with Gasteiger partial charge in [0.05, 0.1) is 5.69 Å². The van der Waals surface area contributed by atoms with Crippen LogP contribution < -0.4 is 15.8 Å². The van der Waals surface area contributed by atoms with E-state index >= 15 is 0 Å². The van der Waals surface area contributed by atoms with Gasteiger partial charge in [0, 0.05) is 43.9 Å². The second-order valence-electron chi connectivity index (χ2n) is 10.9. The highest BCUT2D eigenvalue weighted by Gasteiger charge is 2.55. The fraction of sp³-hybridized carbons (Fsp3) is 0.333. The first-order valence-corrected chi connectivity index (χ1v) is 13.1. The Hall–Kier alpha value is -4.04. The van der Waals surface area contributed by atoms with Crippen LogP contribution in [0.2, 0.25) is 0 Å². The maximum absolute atomic E-state index is 14.3.